The molecule has 0 radical (unpaired) electrons. The van der Waals surface area contributed by atoms with Crippen LogP contribution in [0.15, 0.2) is 18.2 Å². The van der Waals surface area contributed by atoms with E-state index < -0.39 is 5.41 Å². The number of nitrogens with zero attached hydrogens (tertiary/aromatic N) is 2. The summed E-state index contributed by atoms with van der Waals surface area (Å²) in [7, 11) is 0. The van der Waals surface area contributed by atoms with Crippen LogP contribution in [0.3, 0.4) is 0 Å². The smallest absolute Gasteiger partial charge is 0.229 e. The van der Waals surface area contributed by atoms with Crippen LogP contribution in [0.5, 0.6) is 0 Å². The highest BCUT2D eigenvalue weighted by molar-refractivity contribution is 5.98. The minimum Gasteiger partial charge on any atom is -0.378 e. The molecule has 24 heavy (non-hydrogen) atoms. The van der Waals surface area contributed by atoms with Gasteiger partial charge in [0.25, 0.3) is 0 Å². The van der Waals surface area contributed by atoms with Gasteiger partial charge in [0.15, 0.2) is 0 Å². The Kier molecular flexibility index (Phi) is 4.99. The summed E-state index contributed by atoms with van der Waals surface area (Å²) in [5.41, 5.74) is 2.81. The molecule has 0 unspecified atom stereocenters. The van der Waals surface area contributed by atoms with Crippen molar-refractivity contribution in [2.24, 2.45) is 5.41 Å². The zero-order chi connectivity index (χ0) is 17.2. The van der Waals surface area contributed by atoms with Gasteiger partial charge in [-0.25, -0.2) is 0 Å². The van der Waals surface area contributed by atoms with Gasteiger partial charge in [-0.05, 0) is 31.0 Å². The molecule has 0 aliphatic carbocycles. The van der Waals surface area contributed by atoms with Gasteiger partial charge in [0.05, 0.1) is 24.6 Å². The SMILES string of the molecule is CC(C)(C)C(=O)Nc1cc(N2CCCC2)ccc1N1CCOCC1. The van der Waals surface area contributed by atoms with Crippen LogP contribution in [0, 0.1) is 5.41 Å². The Morgan fingerprint density at radius 1 is 1.04 bits per heavy atom. The van der Waals surface area contributed by atoms with Crippen molar-refractivity contribution in [1.82, 2.24) is 0 Å². The highest BCUT2D eigenvalue weighted by atomic mass is 16.5. The van der Waals surface area contributed by atoms with E-state index in [1.54, 1.807) is 0 Å². The second-order valence-corrected chi connectivity index (χ2v) is 7.70. The molecule has 0 saturated carbocycles. The van der Waals surface area contributed by atoms with Crippen molar-refractivity contribution in [3.63, 3.8) is 0 Å². The normalized spacial score (nSPS) is 18.8. The van der Waals surface area contributed by atoms with E-state index in [9.17, 15) is 4.79 Å². The van der Waals surface area contributed by atoms with E-state index >= 15 is 0 Å². The van der Waals surface area contributed by atoms with Crippen LogP contribution in [-0.2, 0) is 9.53 Å². The van der Waals surface area contributed by atoms with Gasteiger partial charge in [-0.1, -0.05) is 20.8 Å². The minimum absolute atomic E-state index is 0.0515. The van der Waals surface area contributed by atoms with Gasteiger partial charge >= 0.3 is 0 Å². The molecule has 1 N–H and O–H groups in total. The molecule has 132 valence electrons. The van der Waals surface area contributed by atoms with Gasteiger partial charge in [-0.2, -0.15) is 0 Å². The predicted octanol–water partition coefficient (Wildman–Crippen LogP) is 3.11. The fraction of sp³-hybridized carbons (Fsp3) is 0.632. The van der Waals surface area contributed by atoms with Crippen molar-refractivity contribution in [1.29, 1.82) is 0 Å². The summed E-state index contributed by atoms with van der Waals surface area (Å²) in [5.74, 6) is 0.0515. The molecule has 1 aromatic rings. The molecule has 2 aliphatic rings. The van der Waals surface area contributed by atoms with Crippen LogP contribution >= 0.6 is 0 Å². The van der Waals surface area contributed by atoms with E-state index in [1.165, 1.54) is 18.5 Å². The molecule has 0 spiro atoms. The number of amides is 1. The van der Waals surface area contributed by atoms with Gasteiger partial charge in [0.1, 0.15) is 0 Å². The first-order valence-electron chi connectivity index (χ1n) is 8.98. The van der Waals surface area contributed by atoms with Crippen LogP contribution < -0.4 is 15.1 Å². The topological polar surface area (TPSA) is 44.8 Å². The number of carbonyl (C=O) groups is 1. The van der Waals surface area contributed by atoms with E-state index in [2.05, 4.69) is 33.3 Å². The van der Waals surface area contributed by atoms with Crippen molar-refractivity contribution in [3.8, 4) is 0 Å². The number of rotatable bonds is 3. The van der Waals surface area contributed by atoms with Gasteiger partial charge < -0.3 is 19.9 Å². The summed E-state index contributed by atoms with van der Waals surface area (Å²) >= 11 is 0. The average Bonchev–Trinajstić information content (AvgIpc) is 3.09. The molecule has 2 heterocycles. The molecule has 0 atom stereocenters. The maximum atomic E-state index is 12.5. The molecule has 1 aromatic carbocycles. The Morgan fingerprint density at radius 2 is 1.71 bits per heavy atom. The number of hydrogen-bond donors (Lipinski definition) is 1. The van der Waals surface area contributed by atoms with E-state index in [4.69, 9.17) is 4.74 Å². The van der Waals surface area contributed by atoms with Crippen LogP contribution in [-0.4, -0.2) is 45.3 Å². The fourth-order valence-corrected chi connectivity index (χ4v) is 3.19. The first-order chi connectivity index (χ1) is 11.4. The molecule has 0 bridgehead atoms. The lowest BCUT2D eigenvalue weighted by Gasteiger charge is -2.32. The van der Waals surface area contributed by atoms with Gasteiger partial charge in [0.2, 0.25) is 5.91 Å². The minimum atomic E-state index is -0.411. The fourth-order valence-electron chi connectivity index (χ4n) is 3.19. The van der Waals surface area contributed by atoms with Crippen molar-refractivity contribution in [2.45, 2.75) is 33.6 Å². The first kappa shape index (κ1) is 17.1. The van der Waals surface area contributed by atoms with Crippen molar-refractivity contribution in [3.05, 3.63) is 18.2 Å². The van der Waals surface area contributed by atoms with Crippen LogP contribution in [0.2, 0.25) is 0 Å². The largest absolute Gasteiger partial charge is 0.378 e. The highest BCUT2D eigenvalue weighted by Crippen LogP contribution is 2.33. The van der Waals surface area contributed by atoms with Crippen LogP contribution in [0.25, 0.3) is 0 Å². The molecular weight excluding hydrogens is 302 g/mol. The Labute approximate surface area is 145 Å². The maximum Gasteiger partial charge on any atom is 0.229 e. The number of ether oxygens (including phenoxy) is 1. The molecule has 5 nitrogen and oxygen atoms in total. The highest BCUT2D eigenvalue weighted by Gasteiger charge is 2.24. The van der Waals surface area contributed by atoms with Crippen molar-refractivity contribution < 1.29 is 9.53 Å². The number of morpholine rings is 1. The Balaban J connectivity index is 1.89. The van der Waals surface area contributed by atoms with E-state index in [0.717, 1.165) is 50.8 Å². The predicted molar refractivity (Wildman–Crippen MR) is 99.0 cm³/mol. The summed E-state index contributed by atoms with van der Waals surface area (Å²) < 4.78 is 5.46. The van der Waals surface area contributed by atoms with Crippen LogP contribution in [0.1, 0.15) is 33.6 Å². The molecule has 3 rings (SSSR count). The number of anilines is 3. The number of benzene rings is 1. The average molecular weight is 331 g/mol. The summed E-state index contributed by atoms with van der Waals surface area (Å²) in [6, 6.07) is 6.47. The summed E-state index contributed by atoms with van der Waals surface area (Å²) in [4.78, 5) is 17.2. The molecule has 0 aromatic heterocycles. The van der Waals surface area contributed by atoms with E-state index in [0.29, 0.717) is 0 Å². The Hall–Kier alpha value is -1.75. The van der Waals surface area contributed by atoms with Crippen molar-refractivity contribution in [2.75, 3.05) is 54.5 Å². The van der Waals surface area contributed by atoms with Crippen molar-refractivity contribution >= 4 is 23.0 Å². The Bertz CT molecular complexity index is 583. The third-order valence-electron chi connectivity index (χ3n) is 4.73. The molecule has 2 saturated heterocycles. The summed E-state index contributed by atoms with van der Waals surface area (Å²) in [6.45, 7) is 11.2. The number of carbonyl (C=O) groups excluding carboxylic acids is 1. The Morgan fingerprint density at radius 3 is 2.33 bits per heavy atom. The monoisotopic (exact) mass is 331 g/mol. The van der Waals surface area contributed by atoms with Crippen LogP contribution in [0.4, 0.5) is 17.1 Å². The van der Waals surface area contributed by atoms with E-state index in [-0.39, 0.29) is 5.91 Å². The molecule has 1 amide bonds. The van der Waals surface area contributed by atoms with Gasteiger partial charge in [0, 0.05) is 37.3 Å². The lowest BCUT2D eigenvalue weighted by molar-refractivity contribution is -0.123. The third kappa shape index (κ3) is 3.83. The standard InChI is InChI=1S/C19H29N3O2/c1-19(2,3)18(23)20-16-14-15(21-8-4-5-9-21)6-7-17(16)22-10-12-24-13-11-22/h6-7,14H,4-5,8-13H2,1-3H3,(H,20,23). The number of nitrogens with one attached hydrogen (secondary N) is 1. The maximum absolute atomic E-state index is 12.5. The second-order valence-electron chi connectivity index (χ2n) is 7.70. The first-order valence-corrected chi connectivity index (χ1v) is 8.98. The third-order valence-corrected chi connectivity index (χ3v) is 4.73. The zero-order valence-corrected chi connectivity index (χ0v) is 15.1. The summed E-state index contributed by atoms with van der Waals surface area (Å²) in [5, 5.41) is 3.16. The van der Waals surface area contributed by atoms with Gasteiger partial charge in [-0.3, -0.25) is 4.79 Å². The molecular formula is C19H29N3O2. The quantitative estimate of drug-likeness (QED) is 0.924. The second kappa shape index (κ2) is 7.01. The summed E-state index contributed by atoms with van der Waals surface area (Å²) in [6.07, 6.45) is 2.49. The molecule has 2 aliphatic heterocycles. The molecule has 2 fully saturated rings. The zero-order valence-electron chi connectivity index (χ0n) is 15.1. The lowest BCUT2D eigenvalue weighted by atomic mass is 9.95. The lowest BCUT2D eigenvalue weighted by Crippen LogP contribution is -2.37. The number of hydrogen-bond acceptors (Lipinski definition) is 4. The molecule has 5 heteroatoms. The van der Waals surface area contributed by atoms with Gasteiger partial charge in [-0.15, -0.1) is 0 Å². The van der Waals surface area contributed by atoms with E-state index in [1.807, 2.05) is 20.8 Å².